The number of nitrogens with one attached hydrogen (secondary N) is 1. The van der Waals surface area contributed by atoms with E-state index in [1.165, 1.54) is 20.8 Å². The van der Waals surface area contributed by atoms with E-state index in [-0.39, 0.29) is 0 Å². The van der Waals surface area contributed by atoms with Crippen LogP contribution in [0, 0.1) is 0 Å². The van der Waals surface area contributed by atoms with E-state index < -0.39 is 71.6 Å². The molecule has 1 amide bonds. The Labute approximate surface area is 180 Å². The second-order valence-corrected chi connectivity index (χ2v) is 10.8. The minimum Gasteiger partial charge on any atom is -0.456 e. The molecular formula is C16H19F4NO9S2. The maximum atomic E-state index is 13.6. The van der Waals surface area contributed by atoms with Crippen molar-refractivity contribution in [1.29, 1.82) is 0 Å². The summed E-state index contributed by atoms with van der Waals surface area (Å²) < 4.78 is 110. The van der Waals surface area contributed by atoms with Crippen LogP contribution in [-0.2, 0) is 25.0 Å². The SMILES string of the molecule is CC(F)(F)CNC(=O)c1cc(OS(=O)(=O)C(F)(F)S(=O)(=O)O)cc(C(=O)OC(C)(C)C)c1. The fourth-order valence-corrected chi connectivity index (χ4v) is 3.46. The van der Waals surface area contributed by atoms with Gasteiger partial charge in [-0.1, -0.05) is 0 Å². The Morgan fingerprint density at radius 2 is 1.47 bits per heavy atom. The number of hydrogen-bond acceptors (Lipinski definition) is 8. The van der Waals surface area contributed by atoms with Crippen molar-refractivity contribution < 1.29 is 57.5 Å². The molecule has 0 unspecified atom stereocenters. The fourth-order valence-electron chi connectivity index (χ4n) is 1.87. The molecule has 0 radical (unpaired) electrons. The highest BCUT2D eigenvalue weighted by molar-refractivity contribution is 8.05. The zero-order valence-electron chi connectivity index (χ0n) is 17.0. The van der Waals surface area contributed by atoms with Crippen LogP contribution in [-0.4, -0.2) is 55.9 Å². The van der Waals surface area contributed by atoms with Gasteiger partial charge < -0.3 is 14.2 Å². The average Bonchev–Trinajstić information content (AvgIpc) is 2.55. The third-order valence-corrected chi connectivity index (χ3v) is 6.00. The van der Waals surface area contributed by atoms with Gasteiger partial charge in [0.25, 0.3) is 11.8 Å². The quantitative estimate of drug-likeness (QED) is 0.232. The number of ether oxygens (including phenoxy) is 1. The summed E-state index contributed by atoms with van der Waals surface area (Å²) >= 11 is 0. The molecule has 0 spiro atoms. The molecule has 1 aromatic carbocycles. The minimum atomic E-state index is -6.48. The van der Waals surface area contributed by atoms with Crippen molar-refractivity contribution in [2.45, 2.75) is 43.8 Å². The van der Waals surface area contributed by atoms with Crippen LogP contribution < -0.4 is 9.50 Å². The molecular weight excluding hydrogens is 490 g/mol. The number of carbonyl (C=O) groups excluding carboxylic acids is 2. The number of halogens is 4. The summed E-state index contributed by atoms with van der Waals surface area (Å²) in [5.41, 5.74) is -2.39. The number of benzene rings is 1. The fraction of sp³-hybridized carbons (Fsp3) is 0.500. The first kappa shape index (κ1) is 27.6. The number of carbonyl (C=O) groups is 2. The largest absolute Gasteiger partial charge is 0.506 e. The molecule has 32 heavy (non-hydrogen) atoms. The molecule has 0 atom stereocenters. The van der Waals surface area contributed by atoms with Crippen LogP contribution in [0.1, 0.15) is 48.4 Å². The molecule has 0 saturated carbocycles. The second-order valence-electron chi connectivity index (χ2n) is 7.48. The molecule has 0 aliphatic carbocycles. The number of amides is 1. The van der Waals surface area contributed by atoms with Crippen molar-refractivity contribution in [2.75, 3.05) is 6.54 Å². The van der Waals surface area contributed by atoms with Crippen LogP contribution in [0.25, 0.3) is 0 Å². The van der Waals surface area contributed by atoms with E-state index in [0.717, 1.165) is 6.07 Å². The predicted molar refractivity (Wildman–Crippen MR) is 101 cm³/mol. The lowest BCUT2D eigenvalue weighted by Gasteiger charge is -2.20. The lowest BCUT2D eigenvalue weighted by molar-refractivity contribution is 0.00684. The first-order valence-corrected chi connectivity index (χ1v) is 11.2. The van der Waals surface area contributed by atoms with Gasteiger partial charge in [0, 0.05) is 12.5 Å². The molecule has 1 aromatic rings. The van der Waals surface area contributed by atoms with Crippen molar-refractivity contribution in [2.24, 2.45) is 0 Å². The molecule has 0 heterocycles. The molecule has 0 bridgehead atoms. The first-order chi connectivity index (χ1) is 14.1. The highest BCUT2D eigenvalue weighted by Gasteiger charge is 2.60. The number of hydrogen-bond donors (Lipinski definition) is 2. The van der Waals surface area contributed by atoms with E-state index in [9.17, 15) is 44.0 Å². The monoisotopic (exact) mass is 509 g/mol. The molecule has 0 saturated heterocycles. The minimum absolute atomic E-state index is 0.467. The van der Waals surface area contributed by atoms with Crippen LogP contribution in [0.5, 0.6) is 5.75 Å². The van der Waals surface area contributed by atoms with E-state index >= 15 is 0 Å². The summed E-state index contributed by atoms with van der Waals surface area (Å²) in [6.45, 7) is 3.64. The number of esters is 1. The van der Waals surface area contributed by atoms with E-state index in [1.54, 1.807) is 5.32 Å². The normalized spacial score (nSPS) is 13.4. The Balaban J connectivity index is 3.49. The lowest BCUT2D eigenvalue weighted by Crippen LogP contribution is -2.40. The molecule has 0 aliphatic rings. The van der Waals surface area contributed by atoms with Crippen molar-refractivity contribution in [3.63, 3.8) is 0 Å². The van der Waals surface area contributed by atoms with E-state index in [0.29, 0.717) is 19.1 Å². The van der Waals surface area contributed by atoms with Gasteiger partial charge in [-0.05, 0) is 39.0 Å². The highest BCUT2D eigenvalue weighted by Crippen LogP contribution is 2.31. The van der Waals surface area contributed by atoms with E-state index in [1.807, 2.05) is 0 Å². The smallest absolute Gasteiger partial charge is 0.456 e. The number of rotatable bonds is 8. The Bertz CT molecular complexity index is 1110. The number of alkyl halides is 4. The molecule has 2 N–H and O–H groups in total. The second kappa shape index (κ2) is 8.82. The molecule has 0 fully saturated rings. The first-order valence-electron chi connectivity index (χ1n) is 8.39. The molecule has 0 aliphatic heterocycles. The van der Waals surface area contributed by atoms with Crippen molar-refractivity contribution >= 4 is 32.1 Å². The summed E-state index contributed by atoms with van der Waals surface area (Å²) in [4.78, 5) is 24.4. The Morgan fingerprint density at radius 1 is 0.969 bits per heavy atom. The van der Waals surface area contributed by atoms with Crippen LogP contribution >= 0.6 is 0 Å². The van der Waals surface area contributed by atoms with E-state index in [4.69, 9.17) is 9.29 Å². The highest BCUT2D eigenvalue weighted by atomic mass is 32.3. The topological polar surface area (TPSA) is 153 Å². The zero-order valence-corrected chi connectivity index (χ0v) is 18.6. The molecule has 0 aromatic heterocycles. The summed E-state index contributed by atoms with van der Waals surface area (Å²) in [7, 11) is -12.9. The summed E-state index contributed by atoms with van der Waals surface area (Å²) in [5.74, 6) is -6.97. The van der Waals surface area contributed by atoms with Gasteiger partial charge in [-0.3, -0.25) is 9.35 Å². The maximum Gasteiger partial charge on any atom is 0.506 e. The average molecular weight is 509 g/mol. The predicted octanol–water partition coefficient (Wildman–Crippen LogP) is 2.17. The molecule has 16 heteroatoms. The standard InChI is InChI=1S/C16H19F4NO9S2/c1-14(2,3)29-13(23)10-5-9(12(22)21-8-15(4,17)18)6-11(7-10)30-32(27,28)16(19,20)31(24,25)26/h5-7H,8H2,1-4H3,(H,21,22)(H,24,25,26). The zero-order chi connectivity index (χ0) is 25.3. The molecule has 1 rings (SSSR count). The van der Waals surface area contributed by atoms with Gasteiger partial charge in [-0.25, -0.2) is 13.6 Å². The Kier molecular flexibility index (Phi) is 7.60. The van der Waals surface area contributed by atoms with Crippen molar-refractivity contribution in [1.82, 2.24) is 5.32 Å². The maximum absolute atomic E-state index is 13.6. The van der Waals surface area contributed by atoms with E-state index in [2.05, 4.69) is 4.18 Å². The lowest BCUT2D eigenvalue weighted by atomic mass is 10.1. The Morgan fingerprint density at radius 3 is 1.91 bits per heavy atom. The van der Waals surface area contributed by atoms with Gasteiger partial charge in [-0.2, -0.15) is 25.6 Å². The van der Waals surface area contributed by atoms with Crippen molar-refractivity contribution in [3.8, 4) is 5.75 Å². The molecule has 182 valence electrons. The third kappa shape index (κ3) is 7.30. The van der Waals surface area contributed by atoms with Gasteiger partial charge in [0.2, 0.25) is 0 Å². The van der Waals surface area contributed by atoms with Gasteiger partial charge in [0.05, 0.1) is 12.1 Å². The van der Waals surface area contributed by atoms with Gasteiger partial charge in [-0.15, -0.1) is 0 Å². The van der Waals surface area contributed by atoms with Crippen LogP contribution in [0.2, 0.25) is 0 Å². The summed E-state index contributed by atoms with van der Waals surface area (Å²) in [5, 5.41) is 1.77. The van der Waals surface area contributed by atoms with Crippen LogP contribution in [0.4, 0.5) is 17.6 Å². The molecule has 10 nitrogen and oxygen atoms in total. The third-order valence-electron chi connectivity index (χ3n) is 3.16. The van der Waals surface area contributed by atoms with Crippen molar-refractivity contribution in [3.05, 3.63) is 29.3 Å². The Hall–Kier alpha value is -2.46. The van der Waals surface area contributed by atoms with Gasteiger partial charge in [0.1, 0.15) is 11.4 Å². The van der Waals surface area contributed by atoms with Gasteiger partial charge >= 0.3 is 30.8 Å². The summed E-state index contributed by atoms with van der Waals surface area (Å²) in [6.07, 6.45) is 0. The van der Waals surface area contributed by atoms with Crippen LogP contribution in [0.3, 0.4) is 0 Å². The summed E-state index contributed by atoms with van der Waals surface area (Å²) in [6, 6.07) is 1.77. The van der Waals surface area contributed by atoms with Crippen LogP contribution in [0.15, 0.2) is 18.2 Å². The van der Waals surface area contributed by atoms with Gasteiger partial charge in [0.15, 0.2) is 0 Å².